The molecule has 0 aromatic heterocycles. The van der Waals surface area contributed by atoms with Crippen LogP contribution in [-0.4, -0.2) is 36.8 Å². The maximum atomic E-state index is 10.7. The van der Waals surface area contributed by atoms with Crippen molar-refractivity contribution in [3.8, 4) is 0 Å². The van der Waals surface area contributed by atoms with Crippen LogP contribution in [0, 0.1) is 0 Å². The Balaban J connectivity index is 1.55. The van der Waals surface area contributed by atoms with Gasteiger partial charge in [-0.2, -0.15) is 0 Å². The fourth-order valence-electron chi connectivity index (χ4n) is 6.67. The Labute approximate surface area is 314 Å². The van der Waals surface area contributed by atoms with Crippen LogP contribution in [0.3, 0.4) is 0 Å². The first kappa shape index (κ1) is 36.0. The Kier molecular flexibility index (Phi) is 11.7. The van der Waals surface area contributed by atoms with Crippen molar-refractivity contribution in [1.82, 2.24) is 0 Å². The zero-order valence-corrected chi connectivity index (χ0v) is 32.5. The largest absolute Gasteiger partial charge is 0.412 e. The van der Waals surface area contributed by atoms with Gasteiger partial charge in [0.1, 0.15) is 12.3 Å². The van der Waals surface area contributed by atoms with Crippen molar-refractivity contribution >= 4 is 69.1 Å². The minimum Gasteiger partial charge on any atom is -0.401 e. The lowest BCUT2D eigenvalue weighted by Gasteiger charge is -2.45. The molecule has 7 rings (SSSR count). The molecule has 1 N–H and O–H groups in total. The molecule has 260 valence electrons. The van der Waals surface area contributed by atoms with Crippen molar-refractivity contribution in [3.05, 3.63) is 206 Å². The highest BCUT2D eigenvalue weighted by Crippen LogP contribution is 2.27. The van der Waals surface area contributed by atoms with Crippen LogP contribution in [0.5, 0.6) is 0 Å². The monoisotopic (exact) mass is 752 g/mol. The second kappa shape index (κ2) is 17.0. The highest BCUT2D eigenvalue weighted by molar-refractivity contribution is 7.90. The van der Waals surface area contributed by atoms with Crippen LogP contribution in [0.15, 0.2) is 206 Å². The van der Waals surface area contributed by atoms with Gasteiger partial charge in [-0.15, -0.1) is 0 Å². The number of benzene rings is 6. The molecule has 0 unspecified atom stereocenters. The molecule has 0 radical (unpaired) electrons. The average molecular weight is 753 g/mol. The molecule has 52 heavy (non-hydrogen) atoms. The van der Waals surface area contributed by atoms with E-state index < -0.39 is 25.7 Å². The van der Waals surface area contributed by atoms with Crippen molar-refractivity contribution in [2.24, 2.45) is 0 Å². The molecule has 6 aromatic rings. The molecular weight excluding hydrogens is 713 g/mol. The summed E-state index contributed by atoms with van der Waals surface area (Å²) in [5, 5.41) is 5.38. The molecule has 1 aliphatic rings. The Morgan fingerprint density at radius 2 is 0.808 bits per heavy atom. The quantitative estimate of drug-likeness (QED) is 0.0994. The Hall–Kier alpha value is -4.40. The van der Waals surface area contributed by atoms with Crippen molar-refractivity contribution in [2.75, 3.05) is 6.61 Å². The van der Waals surface area contributed by atoms with Gasteiger partial charge in [0.15, 0.2) is 0 Å². The Morgan fingerprint density at radius 1 is 0.462 bits per heavy atom. The van der Waals surface area contributed by atoms with Crippen LogP contribution in [-0.2, 0) is 16.5 Å². The van der Waals surface area contributed by atoms with Crippen LogP contribution in [0.2, 0.25) is 0 Å². The number of allylic oxidation sites excluding steroid dienone is 3. The average Bonchev–Trinajstić information content (AvgIpc) is 3.24. The standard InChI is InChI=1S/C43H40O5SSi3/c44-49-46-51(40-28-14-4-15-29-40,41-30-16-5-17-31-41)48-52(42-32-18-6-19-33-42,43-34-20-7-21-35-43)47-50(38-24-10-2-11-25-38,39-26-12-3-13-27-39)45-36-37-22-8-1-9-23-37/h1-8,10-22,24-35,44H,9,23,36H2. The molecule has 0 heterocycles. The second-order valence-corrected chi connectivity index (χ2v) is 22.4. The van der Waals surface area contributed by atoms with Crippen molar-refractivity contribution in [1.29, 1.82) is 0 Å². The fraction of sp³-hybridized carbons (Fsp3) is 0.0698. The summed E-state index contributed by atoms with van der Waals surface area (Å²) in [6.07, 6.45) is 8.34. The highest BCUT2D eigenvalue weighted by Gasteiger charge is 2.60. The summed E-state index contributed by atoms with van der Waals surface area (Å²) < 4.78 is 40.8. The molecule has 0 amide bonds. The van der Waals surface area contributed by atoms with E-state index in [1.807, 2.05) is 133 Å². The fourth-order valence-corrected chi connectivity index (χ4v) is 21.6. The summed E-state index contributed by atoms with van der Waals surface area (Å²) in [4.78, 5) is 0. The molecule has 0 bridgehead atoms. The molecule has 5 nitrogen and oxygen atoms in total. The van der Waals surface area contributed by atoms with Gasteiger partial charge in [0.2, 0.25) is 0 Å². The minimum atomic E-state index is -3.96. The normalized spacial score (nSPS) is 13.4. The third kappa shape index (κ3) is 7.55. The summed E-state index contributed by atoms with van der Waals surface area (Å²) in [6, 6.07) is 61.1. The van der Waals surface area contributed by atoms with Crippen molar-refractivity contribution in [3.63, 3.8) is 0 Å². The molecule has 0 aliphatic heterocycles. The van der Waals surface area contributed by atoms with E-state index >= 15 is 0 Å². The summed E-state index contributed by atoms with van der Waals surface area (Å²) >= 11 is 0.339. The summed E-state index contributed by atoms with van der Waals surface area (Å²) in [7, 11) is -11.5. The van der Waals surface area contributed by atoms with Gasteiger partial charge in [0, 0.05) is 0 Å². The summed E-state index contributed by atoms with van der Waals surface area (Å²) in [5.41, 5.74) is 1.21. The molecular formula is C43H40O5SSi3. The van der Waals surface area contributed by atoms with Crippen LogP contribution in [0.4, 0.5) is 0 Å². The molecule has 0 saturated heterocycles. The molecule has 0 atom stereocenters. The van der Waals surface area contributed by atoms with Crippen LogP contribution in [0.25, 0.3) is 0 Å². The number of hydrogen-bond donors (Lipinski definition) is 1. The van der Waals surface area contributed by atoms with Gasteiger partial charge in [-0.1, -0.05) is 200 Å². The molecule has 1 aliphatic carbocycles. The predicted octanol–water partition coefficient (Wildman–Crippen LogP) is 6.22. The maximum absolute atomic E-state index is 10.7. The van der Waals surface area contributed by atoms with Crippen molar-refractivity contribution < 1.29 is 21.1 Å². The molecule has 0 spiro atoms. The van der Waals surface area contributed by atoms with E-state index in [1.54, 1.807) is 0 Å². The van der Waals surface area contributed by atoms with Gasteiger partial charge >= 0.3 is 25.7 Å². The zero-order chi connectivity index (χ0) is 35.5. The Bertz CT molecular complexity index is 1940. The lowest BCUT2D eigenvalue weighted by Crippen LogP contribution is -2.80. The lowest BCUT2D eigenvalue weighted by atomic mass is 10.1. The van der Waals surface area contributed by atoms with E-state index in [0.29, 0.717) is 18.9 Å². The first-order valence-corrected chi connectivity index (χ1v) is 23.5. The van der Waals surface area contributed by atoms with E-state index in [2.05, 4.69) is 66.8 Å². The third-order valence-electron chi connectivity index (χ3n) is 9.21. The molecule has 0 saturated carbocycles. The van der Waals surface area contributed by atoms with Gasteiger partial charge in [0.25, 0.3) is 0 Å². The van der Waals surface area contributed by atoms with E-state index in [1.165, 1.54) is 5.57 Å². The Morgan fingerprint density at radius 3 is 1.15 bits per heavy atom. The third-order valence-corrected chi connectivity index (χ3v) is 22.2. The first-order valence-electron chi connectivity index (χ1n) is 17.4. The summed E-state index contributed by atoms with van der Waals surface area (Å²) in [5.74, 6) is 0. The van der Waals surface area contributed by atoms with Crippen molar-refractivity contribution in [2.45, 2.75) is 12.8 Å². The summed E-state index contributed by atoms with van der Waals surface area (Å²) in [6.45, 7) is 0.400. The van der Waals surface area contributed by atoms with E-state index in [0.717, 1.165) is 44.0 Å². The zero-order valence-electron chi connectivity index (χ0n) is 28.7. The topological polar surface area (TPSA) is 57.2 Å². The van der Waals surface area contributed by atoms with E-state index in [-0.39, 0.29) is 0 Å². The second-order valence-electron chi connectivity index (χ2n) is 12.5. The number of hydrogen-bond acceptors (Lipinski definition) is 6. The van der Waals surface area contributed by atoms with Gasteiger partial charge in [0.05, 0.1) is 6.61 Å². The van der Waals surface area contributed by atoms with Gasteiger partial charge in [-0.3, -0.25) is 3.87 Å². The predicted molar refractivity (Wildman–Crippen MR) is 220 cm³/mol. The van der Waals surface area contributed by atoms with E-state index in [4.69, 9.17) is 16.5 Å². The lowest BCUT2D eigenvalue weighted by molar-refractivity contribution is 0.260. The highest BCUT2D eigenvalue weighted by atomic mass is 32.2. The van der Waals surface area contributed by atoms with Crippen LogP contribution in [0.1, 0.15) is 12.8 Å². The van der Waals surface area contributed by atoms with Gasteiger partial charge < -0.3 is 17.2 Å². The molecule has 6 aromatic carbocycles. The smallest absolute Gasteiger partial charge is 0.401 e. The van der Waals surface area contributed by atoms with E-state index in [9.17, 15) is 4.55 Å². The first-order chi connectivity index (χ1) is 25.7. The van der Waals surface area contributed by atoms with Crippen LogP contribution < -0.4 is 31.1 Å². The number of rotatable bonds is 15. The SMILES string of the molecule is OSO[Si](O[Si](O[Si](OCC1=CC=CCC1)(c1ccccc1)c1ccccc1)(c1ccccc1)c1ccccc1)(c1ccccc1)c1ccccc1. The molecule has 0 fully saturated rings. The minimum absolute atomic E-state index is 0.339. The molecule has 9 heteroatoms. The van der Waals surface area contributed by atoms with Gasteiger partial charge in [-0.25, -0.2) is 0 Å². The maximum Gasteiger partial charge on any atom is 0.412 e. The van der Waals surface area contributed by atoms with Gasteiger partial charge in [-0.05, 0) is 49.5 Å². The van der Waals surface area contributed by atoms with Crippen LogP contribution >= 0.6 is 12.3 Å².